The van der Waals surface area contributed by atoms with E-state index in [1.807, 2.05) is 6.92 Å². The van der Waals surface area contributed by atoms with Crippen molar-refractivity contribution in [2.75, 3.05) is 0 Å². The Kier molecular flexibility index (Phi) is 3.66. The summed E-state index contributed by atoms with van der Waals surface area (Å²) in [4.78, 5) is 0. The summed E-state index contributed by atoms with van der Waals surface area (Å²) in [5.74, 6) is -1.08. The summed E-state index contributed by atoms with van der Waals surface area (Å²) in [5.41, 5.74) is 6.48. The van der Waals surface area contributed by atoms with Crippen molar-refractivity contribution in [2.45, 2.75) is 25.8 Å². The molecule has 2 rings (SSSR count). The van der Waals surface area contributed by atoms with E-state index in [4.69, 9.17) is 5.73 Å². The molecule has 0 radical (unpaired) electrons. The lowest BCUT2D eigenvalue weighted by atomic mass is 10.1. The molecule has 1 heterocycles. The number of nitrogens with two attached hydrogens (primary N) is 1. The van der Waals surface area contributed by atoms with Crippen LogP contribution in [0.3, 0.4) is 0 Å². The number of benzene rings is 1. The van der Waals surface area contributed by atoms with Crippen LogP contribution in [0, 0.1) is 11.6 Å². The molecule has 0 saturated heterocycles. The third-order valence-electron chi connectivity index (χ3n) is 2.65. The summed E-state index contributed by atoms with van der Waals surface area (Å²) in [6.45, 7) is 2.01. The van der Waals surface area contributed by atoms with Crippen molar-refractivity contribution in [1.29, 1.82) is 0 Å². The number of hydrogen-bond acceptors (Lipinski definition) is 3. The molecule has 1 unspecified atom stereocenters. The molecule has 1 atom stereocenters. The first-order valence-corrected chi connectivity index (χ1v) is 5.75. The lowest BCUT2D eigenvalue weighted by Crippen LogP contribution is -2.10. The molecule has 0 fully saturated rings. The van der Waals surface area contributed by atoms with E-state index in [1.54, 1.807) is 0 Å². The second kappa shape index (κ2) is 5.22. The minimum Gasteiger partial charge on any atom is -0.323 e. The van der Waals surface area contributed by atoms with Gasteiger partial charge in [-0.15, -0.1) is 5.10 Å². The Morgan fingerprint density at radius 2 is 2.17 bits per heavy atom. The molecule has 0 aliphatic heterocycles. The molecule has 0 bridgehead atoms. The molecule has 96 valence electrons. The van der Waals surface area contributed by atoms with Crippen molar-refractivity contribution < 1.29 is 8.78 Å². The molecule has 0 amide bonds. The highest BCUT2D eigenvalue weighted by molar-refractivity contribution is 5.33. The van der Waals surface area contributed by atoms with Crippen LogP contribution in [0.15, 0.2) is 24.4 Å². The maximum atomic E-state index is 13.5. The van der Waals surface area contributed by atoms with Crippen LogP contribution in [-0.4, -0.2) is 15.0 Å². The quantitative estimate of drug-likeness (QED) is 0.908. The van der Waals surface area contributed by atoms with Gasteiger partial charge in [-0.05, 0) is 18.6 Å². The Hall–Kier alpha value is -1.82. The van der Waals surface area contributed by atoms with Gasteiger partial charge >= 0.3 is 0 Å². The summed E-state index contributed by atoms with van der Waals surface area (Å²) >= 11 is 0. The second-order valence-electron chi connectivity index (χ2n) is 4.08. The molecule has 0 spiro atoms. The zero-order valence-electron chi connectivity index (χ0n) is 9.98. The van der Waals surface area contributed by atoms with Crippen molar-refractivity contribution in [3.8, 4) is 5.69 Å². The minimum absolute atomic E-state index is 0.0254. The largest absolute Gasteiger partial charge is 0.323 e. The zero-order chi connectivity index (χ0) is 13.1. The maximum Gasteiger partial charge on any atom is 0.149 e. The van der Waals surface area contributed by atoms with Gasteiger partial charge in [0.15, 0.2) is 0 Å². The van der Waals surface area contributed by atoms with Crippen LogP contribution in [0.25, 0.3) is 5.69 Å². The smallest absolute Gasteiger partial charge is 0.149 e. The Labute approximate surface area is 103 Å². The Bertz CT molecular complexity index is 539. The summed E-state index contributed by atoms with van der Waals surface area (Å²) < 4.78 is 27.8. The Morgan fingerprint density at radius 3 is 2.89 bits per heavy atom. The molecule has 6 heteroatoms. The molecule has 2 N–H and O–H groups in total. The number of rotatable bonds is 4. The van der Waals surface area contributed by atoms with Gasteiger partial charge in [-0.1, -0.05) is 18.6 Å². The monoisotopic (exact) mass is 252 g/mol. The normalized spacial score (nSPS) is 12.7. The third-order valence-corrected chi connectivity index (χ3v) is 2.65. The molecule has 0 aliphatic carbocycles. The van der Waals surface area contributed by atoms with Crippen LogP contribution in [0.2, 0.25) is 0 Å². The van der Waals surface area contributed by atoms with E-state index in [0.717, 1.165) is 31.0 Å². The predicted octanol–water partition coefficient (Wildman–Crippen LogP) is 2.35. The fourth-order valence-corrected chi connectivity index (χ4v) is 1.68. The van der Waals surface area contributed by atoms with Gasteiger partial charge in [0.1, 0.15) is 17.3 Å². The van der Waals surface area contributed by atoms with Gasteiger partial charge < -0.3 is 5.73 Å². The van der Waals surface area contributed by atoms with E-state index in [2.05, 4.69) is 10.3 Å². The van der Waals surface area contributed by atoms with E-state index in [9.17, 15) is 8.78 Å². The van der Waals surface area contributed by atoms with E-state index in [1.165, 1.54) is 10.9 Å². The molecule has 1 aromatic heterocycles. The Morgan fingerprint density at radius 1 is 1.39 bits per heavy atom. The zero-order valence-corrected chi connectivity index (χ0v) is 9.98. The highest BCUT2D eigenvalue weighted by atomic mass is 19.1. The summed E-state index contributed by atoms with van der Waals surface area (Å²) in [6, 6.07) is 2.94. The topological polar surface area (TPSA) is 56.7 Å². The van der Waals surface area contributed by atoms with Crippen LogP contribution in [0.5, 0.6) is 0 Å². The highest BCUT2D eigenvalue weighted by Gasteiger charge is 2.13. The Balaban J connectivity index is 2.32. The van der Waals surface area contributed by atoms with Crippen LogP contribution in [-0.2, 0) is 0 Å². The van der Waals surface area contributed by atoms with E-state index >= 15 is 0 Å². The van der Waals surface area contributed by atoms with Crippen molar-refractivity contribution in [2.24, 2.45) is 5.73 Å². The lowest BCUT2D eigenvalue weighted by Gasteiger charge is -2.05. The molecule has 2 aromatic rings. The van der Waals surface area contributed by atoms with Crippen LogP contribution >= 0.6 is 0 Å². The first-order valence-electron chi connectivity index (χ1n) is 5.75. The van der Waals surface area contributed by atoms with Crippen LogP contribution < -0.4 is 5.73 Å². The average Bonchev–Trinajstić information content (AvgIpc) is 2.82. The number of halogens is 2. The van der Waals surface area contributed by atoms with Crippen LogP contribution in [0.4, 0.5) is 8.78 Å². The molecule has 18 heavy (non-hydrogen) atoms. The van der Waals surface area contributed by atoms with Gasteiger partial charge in [0, 0.05) is 6.07 Å². The third kappa shape index (κ3) is 2.53. The fourth-order valence-electron chi connectivity index (χ4n) is 1.68. The van der Waals surface area contributed by atoms with Gasteiger partial charge in [0.25, 0.3) is 0 Å². The predicted molar refractivity (Wildman–Crippen MR) is 63.1 cm³/mol. The standard InChI is InChI=1S/C12H14F2N4/c1-2-3-10(15)11-7-18(17-16-11)12-6-8(13)4-5-9(12)14/h4-7,10H,2-3,15H2,1H3. The highest BCUT2D eigenvalue weighted by Crippen LogP contribution is 2.17. The molecule has 0 saturated carbocycles. The first kappa shape index (κ1) is 12.6. The maximum absolute atomic E-state index is 13.5. The SMILES string of the molecule is CCCC(N)c1cn(-c2cc(F)ccc2F)nn1. The molecular formula is C12H14F2N4. The first-order chi connectivity index (χ1) is 8.61. The van der Waals surface area contributed by atoms with Gasteiger partial charge in [-0.25, -0.2) is 13.5 Å². The van der Waals surface area contributed by atoms with Gasteiger partial charge in [0.2, 0.25) is 0 Å². The van der Waals surface area contributed by atoms with Gasteiger partial charge in [0.05, 0.1) is 17.9 Å². The van der Waals surface area contributed by atoms with E-state index in [0.29, 0.717) is 5.69 Å². The molecule has 4 nitrogen and oxygen atoms in total. The van der Waals surface area contributed by atoms with Crippen molar-refractivity contribution in [1.82, 2.24) is 15.0 Å². The molecular weight excluding hydrogens is 238 g/mol. The molecule has 1 aromatic carbocycles. The van der Waals surface area contributed by atoms with E-state index < -0.39 is 11.6 Å². The van der Waals surface area contributed by atoms with Gasteiger partial charge in [-0.2, -0.15) is 0 Å². The second-order valence-corrected chi connectivity index (χ2v) is 4.08. The van der Waals surface area contributed by atoms with Crippen molar-refractivity contribution >= 4 is 0 Å². The van der Waals surface area contributed by atoms with Crippen molar-refractivity contribution in [3.63, 3.8) is 0 Å². The molecule has 0 aliphatic rings. The summed E-state index contributed by atoms with van der Waals surface area (Å²) in [5, 5.41) is 7.65. The summed E-state index contributed by atoms with van der Waals surface area (Å²) in [6.07, 6.45) is 3.21. The van der Waals surface area contributed by atoms with Gasteiger partial charge in [-0.3, -0.25) is 0 Å². The van der Waals surface area contributed by atoms with Crippen molar-refractivity contribution in [3.05, 3.63) is 41.7 Å². The van der Waals surface area contributed by atoms with Crippen LogP contribution in [0.1, 0.15) is 31.5 Å². The number of hydrogen-bond donors (Lipinski definition) is 1. The summed E-state index contributed by atoms with van der Waals surface area (Å²) in [7, 11) is 0. The fraction of sp³-hybridized carbons (Fsp3) is 0.333. The lowest BCUT2D eigenvalue weighted by molar-refractivity contribution is 0.584. The van der Waals surface area contributed by atoms with E-state index in [-0.39, 0.29) is 11.7 Å². The average molecular weight is 252 g/mol. The number of aromatic nitrogens is 3. The minimum atomic E-state index is -0.558. The number of nitrogens with zero attached hydrogens (tertiary/aromatic N) is 3.